The molecule has 2 fully saturated rings. The van der Waals surface area contributed by atoms with Gasteiger partial charge in [-0.1, -0.05) is 25.1 Å². The average molecular weight is 330 g/mol. The molecule has 130 valence electrons. The first kappa shape index (κ1) is 17.0. The van der Waals surface area contributed by atoms with Crippen LogP contribution in [0.1, 0.15) is 36.5 Å². The molecule has 2 aliphatic rings. The van der Waals surface area contributed by atoms with Crippen molar-refractivity contribution in [2.45, 2.75) is 32.3 Å². The van der Waals surface area contributed by atoms with Gasteiger partial charge in [0.05, 0.1) is 12.0 Å². The molecule has 1 aromatic carbocycles. The molecule has 2 saturated heterocycles. The maximum absolute atomic E-state index is 12.8. The van der Waals surface area contributed by atoms with E-state index in [0.717, 1.165) is 19.3 Å². The summed E-state index contributed by atoms with van der Waals surface area (Å²) in [6, 6.07) is 9.24. The highest BCUT2D eigenvalue weighted by molar-refractivity contribution is 5.94. The number of rotatable bonds is 2. The van der Waals surface area contributed by atoms with Crippen LogP contribution in [-0.2, 0) is 4.79 Å². The molecule has 0 spiro atoms. The Balaban J connectivity index is 1.63. The van der Waals surface area contributed by atoms with Gasteiger partial charge < -0.3 is 14.9 Å². The second kappa shape index (κ2) is 7.34. The van der Waals surface area contributed by atoms with E-state index < -0.39 is 6.10 Å². The number of benzene rings is 1. The van der Waals surface area contributed by atoms with Crippen LogP contribution < -0.4 is 0 Å². The molecule has 0 radical (unpaired) electrons. The molecule has 2 aliphatic heterocycles. The van der Waals surface area contributed by atoms with Crippen LogP contribution in [-0.4, -0.2) is 59.0 Å². The summed E-state index contributed by atoms with van der Waals surface area (Å²) in [5, 5.41) is 10.0. The van der Waals surface area contributed by atoms with Gasteiger partial charge in [0.2, 0.25) is 5.91 Å². The second-order valence-electron chi connectivity index (χ2n) is 7.07. The molecule has 5 nitrogen and oxygen atoms in total. The van der Waals surface area contributed by atoms with Gasteiger partial charge in [-0.25, -0.2) is 0 Å². The summed E-state index contributed by atoms with van der Waals surface area (Å²) in [6.07, 6.45) is 2.07. The molecule has 0 aromatic heterocycles. The predicted molar refractivity (Wildman–Crippen MR) is 91.4 cm³/mol. The fourth-order valence-corrected chi connectivity index (χ4v) is 3.63. The normalized spacial score (nSPS) is 27.8. The summed E-state index contributed by atoms with van der Waals surface area (Å²) in [5.41, 5.74) is 0.674. The first-order chi connectivity index (χ1) is 11.6. The molecule has 0 saturated carbocycles. The lowest BCUT2D eigenvalue weighted by molar-refractivity contribution is -0.141. The Kier molecular flexibility index (Phi) is 5.19. The maximum Gasteiger partial charge on any atom is 0.253 e. The van der Waals surface area contributed by atoms with Crippen molar-refractivity contribution in [3.8, 4) is 0 Å². The Bertz CT molecular complexity index is 590. The van der Waals surface area contributed by atoms with E-state index in [4.69, 9.17) is 0 Å². The van der Waals surface area contributed by atoms with Crippen molar-refractivity contribution in [2.24, 2.45) is 11.8 Å². The number of carbonyl (C=O) groups is 2. The van der Waals surface area contributed by atoms with E-state index in [1.165, 1.54) is 0 Å². The fraction of sp³-hybridized carbons (Fsp3) is 0.579. The van der Waals surface area contributed by atoms with Gasteiger partial charge in [-0.05, 0) is 37.3 Å². The van der Waals surface area contributed by atoms with Gasteiger partial charge in [-0.2, -0.15) is 0 Å². The molecule has 3 unspecified atom stereocenters. The quantitative estimate of drug-likeness (QED) is 0.899. The zero-order chi connectivity index (χ0) is 17.1. The molecule has 0 bridgehead atoms. The van der Waals surface area contributed by atoms with Crippen molar-refractivity contribution >= 4 is 11.8 Å². The topological polar surface area (TPSA) is 60.9 Å². The van der Waals surface area contributed by atoms with Crippen LogP contribution in [0, 0.1) is 11.8 Å². The summed E-state index contributed by atoms with van der Waals surface area (Å²) in [6.45, 7) is 4.34. The number of aliphatic hydroxyl groups excluding tert-OH is 1. The standard InChI is InChI=1S/C19H26N2O3/c1-14-9-11-21(13-17(14)22)19(24)16-8-5-10-20(12-16)18(23)15-6-3-2-4-7-15/h2-4,6-7,14,16-17,22H,5,8-13H2,1H3. The predicted octanol–water partition coefficient (Wildman–Crippen LogP) is 1.77. The van der Waals surface area contributed by atoms with Crippen molar-refractivity contribution in [1.82, 2.24) is 9.80 Å². The molecule has 2 amide bonds. The van der Waals surface area contributed by atoms with E-state index in [9.17, 15) is 14.7 Å². The number of nitrogens with zero attached hydrogens (tertiary/aromatic N) is 2. The molecule has 1 N–H and O–H groups in total. The van der Waals surface area contributed by atoms with E-state index in [1.54, 1.807) is 9.80 Å². The van der Waals surface area contributed by atoms with Crippen molar-refractivity contribution in [2.75, 3.05) is 26.2 Å². The zero-order valence-corrected chi connectivity index (χ0v) is 14.2. The van der Waals surface area contributed by atoms with Gasteiger partial charge in [-0.3, -0.25) is 9.59 Å². The van der Waals surface area contributed by atoms with E-state index in [2.05, 4.69) is 0 Å². The highest BCUT2D eigenvalue weighted by Crippen LogP contribution is 2.24. The van der Waals surface area contributed by atoms with E-state index in [-0.39, 0.29) is 23.7 Å². The largest absolute Gasteiger partial charge is 0.391 e. The minimum absolute atomic E-state index is 0.000371. The Morgan fingerprint density at radius 1 is 1.04 bits per heavy atom. The van der Waals surface area contributed by atoms with Crippen LogP contribution in [0.25, 0.3) is 0 Å². The van der Waals surface area contributed by atoms with Gasteiger partial charge in [0, 0.05) is 31.7 Å². The number of carbonyl (C=O) groups excluding carboxylic acids is 2. The first-order valence-electron chi connectivity index (χ1n) is 8.87. The number of aliphatic hydroxyl groups is 1. The summed E-state index contributed by atoms with van der Waals surface area (Å²) in [5.74, 6) is 0.190. The van der Waals surface area contributed by atoms with Crippen molar-refractivity contribution < 1.29 is 14.7 Å². The van der Waals surface area contributed by atoms with Gasteiger partial charge in [0.15, 0.2) is 0 Å². The minimum atomic E-state index is -0.437. The third-order valence-electron chi connectivity index (χ3n) is 5.31. The van der Waals surface area contributed by atoms with Crippen molar-refractivity contribution in [3.63, 3.8) is 0 Å². The number of likely N-dealkylation sites (tertiary alicyclic amines) is 2. The third kappa shape index (κ3) is 3.61. The second-order valence-corrected chi connectivity index (χ2v) is 7.07. The maximum atomic E-state index is 12.8. The number of β-amino-alcohol motifs (C(OH)–C–C–N with tert-alkyl or cyclic N) is 1. The summed E-state index contributed by atoms with van der Waals surface area (Å²) >= 11 is 0. The Morgan fingerprint density at radius 3 is 2.50 bits per heavy atom. The van der Waals surface area contributed by atoms with Gasteiger partial charge in [0.1, 0.15) is 0 Å². The lowest BCUT2D eigenvalue weighted by atomic mass is 9.92. The van der Waals surface area contributed by atoms with E-state index in [1.807, 2.05) is 37.3 Å². The van der Waals surface area contributed by atoms with Crippen LogP contribution in [0.5, 0.6) is 0 Å². The Morgan fingerprint density at radius 2 is 1.79 bits per heavy atom. The van der Waals surface area contributed by atoms with E-state index in [0.29, 0.717) is 31.7 Å². The van der Waals surface area contributed by atoms with Gasteiger partial charge in [0.25, 0.3) is 5.91 Å². The van der Waals surface area contributed by atoms with Crippen LogP contribution in [0.2, 0.25) is 0 Å². The summed E-state index contributed by atoms with van der Waals surface area (Å²) < 4.78 is 0. The average Bonchev–Trinajstić information content (AvgIpc) is 2.63. The molecule has 24 heavy (non-hydrogen) atoms. The number of hydrogen-bond donors (Lipinski definition) is 1. The Hall–Kier alpha value is -1.88. The summed E-state index contributed by atoms with van der Waals surface area (Å²) in [7, 11) is 0. The molecule has 5 heteroatoms. The molecule has 3 atom stereocenters. The molecule has 3 rings (SSSR count). The van der Waals surface area contributed by atoms with Crippen LogP contribution in [0.15, 0.2) is 30.3 Å². The number of piperidine rings is 2. The van der Waals surface area contributed by atoms with E-state index >= 15 is 0 Å². The highest BCUT2D eigenvalue weighted by atomic mass is 16.3. The molecule has 2 heterocycles. The zero-order valence-electron chi connectivity index (χ0n) is 14.2. The molecular formula is C19H26N2O3. The van der Waals surface area contributed by atoms with Crippen LogP contribution in [0.3, 0.4) is 0 Å². The fourth-order valence-electron chi connectivity index (χ4n) is 3.63. The van der Waals surface area contributed by atoms with Crippen LogP contribution >= 0.6 is 0 Å². The monoisotopic (exact) mass is 330 g/mol. The van der Waals surface area contributed by atoms with Crippen molar-refractivity contribution in [1.29, 1.82) is 0 Å². The number of amides is 2. The Labute approximate surface area is 143 Å². The summed E-state index contributed by atoms with van der Waals surface area (Å²) in [4.78, 5) is 29.0. The van der Waals surface area contributed by atoms with Gasteiger partial charge in [-0.15, -0.1) is 0 Å². The third-order valence-corrected chi connectivity index (χ3v) is 5.31. The lowest BCUT2D eigenvalue weighted by Gasteiger charge is -2.39. The first-order valence-corrected chi connectivity index (χ1v) is 8.87. The molecular weight excluding hydrogens is 304 g/mol. The molecule has 0 aliphatic carbocycles. The number of hydrogen-bond acceptors (Lipinski definition) is 3. The minimum Gasteiger partial charge on any atom is -0.391 e. The smallest absolute Gasteiger partial charge is 0.253 e. The molecule has 1 aromatic rings. The van der Waals surface area contributed by atoms with Gasteiger partial charge >= 0.3 is 0 Å². The SMILES string of the molecule is CC1CCN(C(=O)C2CCCN(C(=O)c3ccccc3)C2)CC1O. The van der Waals surface area contributed by atoms with Crippen LogP contribution in [0.4, 0.5) is 0 Å². The lowest BCUT2D eigenvalue weighted by Crippen LogP contribution is -2.51. The van der Waals surface area contributed by atoms with Crippen molar-refractivity contribution in [3.05, 3.63) is 35.9 Å². The highest BCUT2D eigenvalue weighted by Gasteiger charge is 2.34.